The second kappa shape index (κ2) is 5.64. The summed E-state index contributed by atoms with van der Waals surface area (Å²) in [6.45, 7) is 2.36. The van der Waals surface area contributed by atoms with Gasteiger partial charge in [-0.05, 0) is 35.7 Å². The molecule has 0 spiro atoms. The predicted molar refractivity (Wildman–Crippen MR) is 81.4 cm³/mol. The van der Waals surface area contributed by atoms with Crippen molar-refractivity contribution < 1.29 is 14.7 Å². The van der Waals surface area contributed by atoms with Crippen LogP contribution >= 0.6 is 0 Å². The first-order valence-corrected chi connectivity index (χ1v) is 7.32. The number of nitrogens with zero attached hydrogens (tertiary/aromatic N) is 1. The summed E-state index contributed by atoms with van der Waals surface area (Å²) in [7, 11) is 0. The predicted octanol–water partition coefficient (Wildman–Crippen LogP) is 2.09. The van der Waals surface area contributed by atoms with Gasteiger partial charge in [-0.25, -0.2) is 0 Å². The van der Waals surface area contributed by atoms with E-state index in [4.69, 9.17) is 0 Å². The summed E-state index contributed by atoms with van der Waals surface area (Å²) in [5.41, 5.74) is 3.22. The van der Waals surface area contributed by atoms with E-state index in [1.54, 1.807) is 29.2 Å². The third-order valence-electron chi connectivity index (χ3n) is 4.12. The zero-order valence-electron chi connectivity index (χ0n) is 12.3. The van der Waals surface area contributed by atoms with Crippen molar-refractivity contribution in [2.45, 2.75) is 25.8 Å². The van der Waals surface area contributed by atoms with Gasteiger partial charge in [0.1, 0.15) is 0 Å². The van der Waals surface area contributed by atoms with Crippen LogP contribution in [-0.2, 0) is 11.3 Å². The lowest BCUT2D eigenvalue weighted by atomic mass is 9.96. The van der Waals surface area contributed by atoms with Crippen molar-refractivity contribution in [3.8, 4) is 0 Å². The first-order valence-electron chi connectivity index (χ1n) is 7.32. The second-order valence-electron chi connectivity index (χ2n) is 5.42. The van der Waals surface area contributed by atoms with Crippen molar-refractivity contribution in [1.82, 2.24) is 0 Å². The summed E-state index contributed by atoms with van der Waals surface area (Å²) >= 11 is 0. The highest BCUT2D eigenvalue weighted by Gasteiger charge is 2.27. The number of benzene rings is 2. The Morgan fingerprint density at radius 3 is 2.45 bits per heavy atom. The number of carboxylic acid groups (broad SMARTS) is 1. The van der Waals surface area contributed by atoms with Gasteiger partial charge in [0.05, 0.1) is 6.54 Å². The molecule has 1 atom stereocenters. The van der Waals surface area contributed by atoms with Crippen LogP contribution in [0.4, 0.5) is 5.69 Å². The lowest BCUT2D eigenvalue weighted by molar-refractivity contribution is -0.308. The second-order valence-corrected chi connectivity index (χ2v) is 5.42. The fraction of sp³-hybridized carbons (Fsp3) is 0.222. The van der Waals surface area contributed by atoms with Crippen LogP contribution < -0.4 is 10.0 Å². The number of amides is 1. The molecule has 2 aromatic carbocycles. The number of carboxylic acids is 1. The molecule has 0 radical (unpaired) electrons. The van der Waals surface area contributed by atoms with Crippen LogP contribution in [0.15, 0.2) is 48.5 Å². The lowest BCUT2D eigenvalue weighted by Gasteiger charge is -2.19. The van der Waals surface area contributed by atoms with Gasteiger partial charge in [-0.3, -0.25) is 4.79 Å². The number of carbonyl (C=O) groups is 2. The number of aliphatic carboxylic acids is 1. The Morgan fingerprint density at radius 1 is 1.18 bits per heavy atom. The van der Waals surface area contributed by atoms with E-state index >= 15 is 0 Å². The quantitative estimate of drug-likeness (QED) is 0.867. The van der Waals surface area contributed by atoms with E-state index in [0.717, 1.165) is 16.8 Å². The smallest absolute Gasteiger partial charge is 0.258 e. The molecule has 1 aliphatic heterocycles. The van der Waals surface area contributed by atoms with Crippen molar-refractivity contribution in [1.29, 1.82) is 0 Å². The van der Waals surface area contributed by atoms with Gasteiger partial charge in [-0.1, -0.05) is 37.3 Å². The molecule has 112 valence electrons. The lowest BCUT2D eigenvalue weighted by Crippen LogP contribution is -2.29. The molecule has 22 heavy (non-hydrogen) atoms. The fourth-order valence-electron chi connectivity index (χ4n) is 2.89. The number of anilines is 1. The van der Waals surface area contributed by atoms with Gasteiger partial charge < -0.3 is 14.8 Å². The Morgan fingerprint density at radius 2 is 1.86 bits per heavy atom. The Balaban J connectivity index is 1.86. The molecule has 4 heteroatoms. The van der Waals surface area contributed by atoms with Crippen molar-refractivity contribution in [2.75, 3.05) is 4.90 Å². The molecule has 4 nitrogen and oxygen atoms in total. The van der Waals surface area contributed by atoms with E-state index in [-0.39, 0.29) is 5.91 Å². The SMILES string of the molecule is CC[C@@H](C(=O)[O-])c1ccc(N2Cc3ccccc3C2=O)cc1. The Labute approximate surface area is 129 Å². The first kappa shape index (κ1) is 14.3. The number of rotatable bonds is 4. The molecule has 0 unspecified atom stereocenters. The highest BCUT2D eigenvalue weighted by Crippen LogP contribution is 2.29. The molecule has 1 heterocycles. The number of hydrogen-bond donors (Lipinski definition) is 0. The molecule has 2 aromatic rings. The summed E-state index contributed by atoms with van der Waals surface area (Å²) in [5.74, 6) is -1.70. The third kappa shape index (κ3) is 2.37. The minimum atomic E-state index is -1.07. The molecule has 1 aliphatic rings. The monoisotopic (exact) mass is 294 g/mol. The minimum Gasteiger partial charge on any atom is -0.549 e. The van der Waals surface area contributed by atoms with E-state index in [1.165, 1.54) is 0 Å². The maximum atomic E-state index is 12.4. The summed E-state index contributed by atoms with van der Waals surface area (Å²) in [5, 5.41) is 11.1. The van der Waals surface area contributed by atoms with Gasteiger partial charge >= 0.3 is 0 Å². The summed E-state index contributed by atoms with van der Waals surface area (Å²) in [4.78, 5) is 25.2. The maximum absolute atomic E-state index is 12.4. The van der Waals surface area contributed by atoms with E-state index in [9.17, 15) is 14.7 Å². The molecule has 1 amide bonds. The van der Waals surface area contributed by atoms with Gasteiger partial charge in [-0.15, -0.1) is 0 Å². The average Bonchev–Trinajstić information content (AvgIpc) is 2.86. The normalized spacial score (nSPS) is 14.8. The zero-order valence-corrected chi connectivity index (χ0v) is 12.3. The molecule has 0 N–H and O–H groups in total. The topological polar surface area (TPSA) is 60.4 Å². The van der Waals surface area contributed by atoms with Crippen molar-refractivity contribution in [3.05, 3.63) is 65.2 Å². The summed E-state index contributed by atoms with van der Waals surface area (Å²) < 4.78 is 0. The van der Waals surface area contributed by atoms with Gasteiger partial charge in [-0.2, -0.15) is 0 Å². The van der Waals surface area contributed by atoms with Gasteiger partial charge in [0.2, 0.25) is 0 Å². The Hall–Kier alpha value is -2.62. The summed E-state index contributed by atoms with van der Waals surface area (Å²) in [6.07, 6.45) is 0.482. The molecular formula is C18H16NO3-. The van der Waals surface area contributed by atoms with E-state index in [2.05, 4.69) is 0 Å². The van der Waals surface area contributed by atoms with Crippen LogP contribution in [0.25, 0.3) is 0 Å². The fourth-order valence-corrected chi connectivity index (χ4v) is 2.89. The molecule has 0 saturated heterocycles. The minimum absolute atomic E-state index is 0.0182. The first-order chi connectivity index (χ1) is 10.6. The van der Waals surface area contributed by atoms with Gasteiger partial charge in [0.25, 0.3) is 5.91 Å². The van der Waals surface area contributed by atoms with Gasteiger partial charge in [0, 0.05) is 23.1 Å². The maximum Gasteiger partial charge on any atom is 0.258 e. The molecule has 0 saturated carbocycles. The van der Waals surface area contributed by atoms with E-state index in [0.29, 0.717) is 18.5 Å². The zero-order chi connectivity index (χ0) is 15.7. The molecule has 0 aromatic heterocycles. The Bertz CT molecular complexity index is 721. The van der Waals surface area contributed by atoms with Crippen LogP contribution in [0, 0.1) is 0 Å². The Kier molecular flexibility index (Phi) is 3.67. The third-order valence-corrected chi connectivity index (χ3v) is 4.12. The molecule has 0 fully saturated rings. The van der Waals surface area contributed by atoms with Crippen molar-refractivity contribution in [3.63, 3.8) is 0 Å². The molecule has 0 aliphatic carbocycles. The molecular weight excluding hydrogens is 278 g/mol. The largest absolute Gasteiger partial charge is 0.549 e. The molecule has 0 bridgehead atoms. The number of hydrogen-bond acceptors (Lipinski definition) is 3. The standard InChI is InChI=1S/C18H17NO3/c1-2-15(18(21)22)12-7-9-14(10-8-12)19-11-13-5-3-4-6-16(13)17(19)20/h3-10,15H,2,11H2,1H3,(H,21,22)/p-1/t15-/m1/s1. The van der Waals surface area contributed by atoms with E-state index in [1.807, 2.05) is 31.2 Å². The van der Waals surface area contributed by atoms with Crippen molar-refractivity contribution in [2.24, 2.45) is 0 Å². The average molecular weight is 294 g/mol. The highest BCUT2D eigenvalue weighted by atomic mass is 16.4. The van der Waals surface area contributed by atoms with Crippen LogP contribution in [0.1, 0.15) is 40.7 Å². The van der Waals surface area contributed by atoms with Crippen molar-refractivity contribution >= 4 is 17.6 Å². The highest BCUT2D eigenvalue weighted by molar-refractivity contribution is 6.09. The van der Waals surface area contributed by atoms with Crippen LogP contribution in [0.5, 0.6) is 0 Å². The van der Waals surface area contributed by atoms with Crippen LogP contribution in [0.2, 0.25) is 0 Å². The number of fused-ring (bicyclic) bond motifs is 1. The van der Waals surface area contributed by atoms with Crippen LogP contribution in [-0.4, -0.2) is 11.9 Å². The number of carbonyl (C=O) groups excluding carboxylic acids is 2. The van der Waals surface area contributed by atoms with Gasteiger partial charge in [0.15, 0.2) is 0 Å². The van der Waals surface area contributed by atoms with E-state index < -0.39 is 11.9 Å². The van der Waals surface area contributed by atoms with Crippen LogP contribution in [0.3, 0.4) is 0 Å². The molecule has 3 rings (SSSR count). The summed E-state index contributed by atoms with van der Waals surface area (Å²) in [6, 6.07) is 14.7.